The first kappa shape index (κ1) is 27.4. The summed E-state index contributed by atoms with van der Waals surface area (Å²) in [5.74, 6) is -3.21. The predicted octanol–water partition coefficient (Wildman–Crippen LogP) is 3.25. The third-order valence-electron chi connectivity index (χ3n) is 6.08. The summed E-state index contributed by atoms with van der Waals surface area (Å²) < 4.78 is 72.5. The lowest BCUT2D eigenvalue weighted by molar-refractivity contribution is 0.451. The Balaban J connectivity index is 2.01. The fourth-order valence-electron chi connectivity index (χ4n) is 4.64. The Morgan fingerprint density at radius 3 is 1.12 bits per heavy atom. The molecule has 43 heavy (non-hydrogen) atoms. The van der Waals surface area contributed by atoms with Crippen LogP contribution < -0.4 is 0 Å². The molecule has 2 aromatic heterocycles. The molecule has 0 saturated carbocycles. The van der Waals surface area contributed by atoms with Gasteiger partial charge in [0, 0.05) is 33.4 Å². The van der Waals surface area contributed by atoms with Gasteiger partial charge in [0.15, 0.2) is 11.6 Å². The molecule has 0 radical (unpaired) electrons. The molecule has 0 saturated heterocycles. The van der Waals surface area contributed by atoms with Gasteiger partial charge in [-0.3, -0.25) is 0 Å². The van der Waals surface area contributed by atoms with Crippen LogP contribution in [0.2, 0.25) is 0 Å². The molecule has 2 heterocycles. The van der Waals surface area contributed by atoms with E-state index in [-0.39, 0.29) is 0 Å². The van der Waals surface area contributed by atoms with E-state index in [1.165, 1.54) is 24.3 Å². The van der Waals surface area contributed by atoms with Gasteiger partial charge in [-0.25, -0.2) is 4.39 Å². The molecule has 0 amide bonds. The number of aromatic nitrogens is 6. The summed E-state index contributed by atoms with van der Waals surface area (Å²) in [6.07, 6.45) is -6.63. The highest BCUT2D eigenvalue weighted by Gasteiger charge is 2.42. The van der Waals surface area contributed by atoms with E-state index in [1.54, 1.807) is 12.1 Å². The van der Waals surface area contributed by atoms with Crippen molar-refractivity contribution in [2.45, 2.75) is 0 Å². The largest absolute Gasteiger partial charge is 0.314 e. The minimum Gasteiger partial charge on any atom is -0.206 e. The minimum absolute atomic E-state index is 0.443. The van der Waals surface area contributed by atoms with Gasteiger partial charge in [-0.15, -0.1) is 0 Å². The smallest absolute Gasteiger partial charge is 0.206 e. The lowest BCUT2D eigenvalue weighted by Gasteiger charge is -2.12. The van der Waals surface area contributed by atoms with Crippen LogP contribution in [0.1, 0.15) is 33.9 Å². The first-order valence-electron chi connectivity index (χ1n) is 11.0. The third kappa shape index (κ3) is 3.99. The van der Waals surface area contributed by atoms with Gasteiger partial charge in [0.1, 0.15) is 53.4 Å². The molecule has 5 rings (SSSR count). The summed E-state index contributed by atoms with van der Waals surface area (Å²) in [6, 6.07) is 10.3. The number of hydrogen-bond acceptors (Lipinski definition) is 12. The van der Waals surface area contributed by atoms with Crippen molar-refractivity contribution in [2.75, 3.05) is 0 Å². The number of halogens is 5. The number of hydrogen-bond donors (Lipinski definition) is 0. The molecule has 2 aliphatic carbocycles. The monoisotopic (exact) mass is 576 g/mol. The molecule has 0 atom stereocenters. The first-order valence-corrected chi connectivity index (χ1v) is 11.0. The van der Waals surface area contributed by atoms with Crippen LogP contribution in [0.3, 0.4) is 0 Å². The highest BCUT2D eigenvalue weighted by atomic mass is 19.2. The first-order chi connectivity index (χ1) is 20.6. The van der Waals surface area contributed by atoms with Crippen LogP contribution in [0.25, 0.3) is 33.4 Å². The van der Waals surface area contributed by atoms with Crippen LogP contribution >= 0.6 is 0 Å². The van der Waals surface area contributed by atoms with Gasteiger partial charge >= 0.3 is 24.3 Å². The van der Waals surface area contributed by atoms with Crippen molar-refractivity contribution in [3.05, 3.63) is 81.2 Å². The topological polar surface area (TPSA) is 220 Å². The minimum atomic E-state index is -1.66. The average molecular weight is 576 g/mol. The van der Waals surface area contributed by atoms with E-state index in [0.717, 1.165) is 6.07 Å². The molecule has 0 spiro atoms. The van der Waals surface area contributed by atoms with E-state index in [1.807, 2.05) is 0 Å². The lowest BCUT2D eigenvalue weighted by Crippen LogP contribution is -2.05. The summed E-state index contributed by atoms with van der Waals surface area (Å²) >= 11 is 0. The van der Waals surface area contributed by atoms with Crippen LogP contribution in [0.5, 0.6) is 0 Å². The number of nitrogens with zero attached hydrogens (tertiary/aromatic N) is 12. The van der Waals surface area contributed by atoms with Crippen molar-refractivity contribution in [1.82, 2.24) is 29.9 Å². The van der Waals surface area contributed by atoms with Gasteiger partial charge in [-0.2, -0.15) is 79.0 Å². The Kier molecular flexibility index (Phi) is 6.41. The summed E-state index contributed by atoms with van der Waals surface area (Å²) in [5, 5.41) is 58.8. The van der Waals surface area contributed by atoms with E-state index < -0.39 is 109 Å². The van der Waals surface area contributed by atoms with Crippen LogP contribution in [0, 0.1) is 98.1 Å². The number of allylic oxidation sites excluding steroid dienone is 8. The molecule has 0 fully saturated rings. The summed E-state index contributed by atoms with van der Waals surface area (Å²) in [6.45, 7) is 0. The number of fused-ring (bicyclic) bond motifs is 2. The van der Waals surface area contributed by atoms with E-state index in [2.05, 4.69) is 29.9 Å². The van der Waals surface area contributed by atoms with Gasteiger partial charge in [0.2, 0.25) is 0 Å². The van der Waals surface area contributed by atoms with Gasteiger partial charge in [0.25, 0.3) is 0 Å². The fourth-order valence-corrected chi connectivity index (χ4v) is 4.64. The zero-order chi connectivity index (χ0) is 31.2. The Morgan fingerprint density at radius 1 is 0.512 bits per heavy atom. The van der Waals surface area contributed by atoms with Crippen molar-refractivity contribution in [2.24, 2.45) is 0 Å². The van der Waals surface area contributed by atoms with Crippen molar-refractivity contribution < 1.29 is 22.0 Å². The van der Waals surface area contributed by atoms with Crippen molar-refractivity contribution in [3.63, 3.8) is 0 Å². The van der Waals surface area contributed by atoms with Crippen molar-refractivity contribution >= 4 is 33.4 Å². The fraction of sp³-hybridized carbons (Fsp3) is 0. The Morgan fingerprint density at radius 2 is 0.837 bits per heavy atom. The molecule has 200 valence electrons. The maximum atomic E-state index is 16.6. The van der Waals surface area contributed by atoms with Gasteiger partial charge < -0.3 is 0 Å². The number of nitriles is 6. The Labute approximate surface area is 234 Å². The molecule has 12 nitrogen and oxygen atoms in total. The lowest BCUT2D eigenvalue weighted by atomic mass is 9.90. The van der Waals surface area contributed by atoms with E-state index in [4.69, 9.17) is 0 Å². The zero-order valence-electron chi connectivity index (χ0n) is 20.3. The van der Waals surface area contributed by atoms with Crippen molar-refractivity contribution in [3.8, 4) is 36.4 Å². The van der Waals surface area contributed by atoms with Crippen LogP contribution in [-0.2, 0) is 0 Å². The quantitative estimate of drug-likeness (QED) is 0.317. The maximum Gasteiger partial charge on any atom is 0.314 e. The van der Waals surface area contributed by atoms with Gasteiger partial charge in [-0.1, -0.05) is 0 Å². The molecule has 3 aromatic rings. The molecule has 2 aliphatic rings. The molecular formula is C26HF5N12. The molecule has 0 unspecified atom stereocenters. The Bertz CT molecular complexity index is 2030. The number of rotatable bonds is 2. The molecule has 17 heteroatoms. The van der Waals surface area contributed by atoms with Crippen LogP contribution in [0.4, 0.5) is 22.0 Å². The highest BCUT2D eigenvalue weighted by molar-refractivity contribution is 6.29. The second-order valence-electron chi connectivity index (χ2n) is 8.10. The molecule has 0 bridgehead atoms. The van der Waals surface area contributed by atoms with Crippen molar-refractivity contribution in [1.29, 1.82) is 31.6 Å². The third-order valence-corrected chi connectivity index (χ3v) is 6.08. The summed E-state index contributed by atoms with van der Waals surface area (Å²) in [5.41, 5.74) is -7.75. The molecule has 0 N–H and O–H groups in total. The normalized spacial score (nSPS) is 12.8. The Hall–Kier alpha value is -7.21. The zero-order valence-corrected chi connectivity index (χ0v) is 20.3. The highest BCUT2D eigenvalue weighted by Crippen LogP contribution is 2.54. The second-order valence-corrected chi connectivity index (χ2v) is 8.10. The average Bonchev–Trinajstić information content (AvgIpc) is 3.47. The molecular weight excluding hydrogens is 575 g/mol. The molecule has 0 aliphatic heterocycles. The second kappa shape index (κ2) is 10.1. The van der Waals surface area contributed by atoms with E-state index >= 15 is 4.39 Å². The van der Waals surface area contributed by atoms with E-state index in [9.17, 15) is 49.1 Å². The number of benzene rings is 1. The maximum absolute atomic E-state index is 16.6. The summed E-state index contributed by atoms with van der Waals surface area (Å²) in [7, 11) is 0. The van der Waals surface area contributed by atoms with Crippen LogP contribution in [0.15, 0.2) is 17.2 Å². The predicted molar refractivity (Wildman–Crippen MR) is 127 cm³/mol. The van der Waals surface area contributed by atoms with E-state index in [0.29, 0.717) is 0 Å². The van der Waals surface area contributed by atoms with Gasteiger partial charge in [0.05, 0.1) is 11.1 Å². The molecule has 1 aromatic carbocycles. The SMILES string of the molecule is N#CC(C#N)=C1C(c2nc(F)nc(F)n2)=C(C#N)c2c1cc1c(c2F)C(C#N)=C(c2nc(F)nc(F)n2)C1=C(C#N)C#N. The van der Waals surface area contributed by atoms with Crippen LogP contribution in [-0.4, -0.2) is 29.9 Å². The standard InChI is InChI=1S/C26HF5N12/c27-20-16-10(14(8(2-32)3-33)18(12(16)6-36)21-38-23(28)42-24(29)39-21)1-11-15(9(4-34)5-35)19(13(7-37)17(11)20)22-40-25(30)43-26(31)41-22/h1H. The van der Waals surface area contributed by atoms with Gasteiger partial charge in [-0.05, 0) is 17.2 Å². The summed E-state index contributed by atoms with van der Waals surface area (Å²) in [4.78, 5) is 18.7.